The fourth-order valence-electron chi connectivity index (χ4n) is 2.34. The van der Waals surface area contributed by atoms with E-state index in [1.54, 1.807) is 6.20 Å². The lowest BCUT2D eigenvalue weighted by molar-refractivity contribution is 0.356. The Balaban J connectivity index is 1.79. The van der Waals surface area contributed by atoms with Gasteiger partial charge in [0.1, 0.15) is 17.3 Å². The van der Waals surface area contributed by atoms with Crippen LogP contribution < -0.4 is 4.74 Å². The van der Waals surface area contributed by atoms with Crippen LogP contribution in [0.25, 0.3) is 0 Å². The third-order valence-electron chi connectivity index (χ3n) is 3.43. The van der Waals surface area contributed by atoms with E-state index in [0.717, 1.165) is 48.6 Å². The highest BCUT2D eigenvalue weighted by molar-refractivity contribution is 5.47. The molecule has 94 valence electrons. The van der Waals surface area contributed by atoms with Crippen molar-refractivity contribution in [3.63, 3.8) is 0 Å². The largest absolute Gasteiger partial charge is 0.508 e. The number of phenols is 1. The van der Waals surface area contributed by atoms with Gasteiger partial charge in [0, 0.05) is 37.8 Å². The number of hydrogen-bond donors (Lipinski definition) is 1. The van der Waals surface area contributed by atoms with Crippen LogP contribution >= 0.6 is 0 Å². The summed E-state index contributed by atoms with van der Waals surface area (Å²) < 4.78 is 7.52. The second kappa shape index (κ2) is 4.37. The molecular formula is C14H16N2O2. The molecule has 3 rings (SSSR count). The zero-order valence-electron chi connectivity index (χ0n) is 10.4. The predicted molar refractivity (Wildman–Crippen MR) is 67.9 cm³/mol. The molecule has 2 heterocycles. The highest BCUT2D eigenvalue weighted by atomic mass is 16.5. The molecule has 18 heavy (non-hydrogen) atoms. The van der Waals surface area contributed by atoms with Gasteiger partial charge in [-0.2, -0.15) is 0 Å². The Labute approximate surface area is 106 Å². The third kappa shape index (κ3) is 1.94. The number of aromatic nitrogens is 2. The van der Waals surface area contributed by atoms with Crippen molar-refractivity contribution in [2.24, 2.45) is 7.05 Å². The minimum atomic E-state index is 0.369. The van der Waals surface area contributed by atoms with Crippen LogP contribution in [0.15, 0.2) is 24.5 Å². The number of fused-ring (bicyclic) bond motifs is 1. The summed E-state index contributed by atoms with van der Waals surface area (Å²) in [4.78, 5) is 4.28. The molecule has 0 unspecified atom stereocenters. The van der Waals surface area contributed by atoms with Gasteiger partial charge in [-0.05, 0) is 24.1 Å². The molecule has 1 aromatic heterocycles. The van der Waals surface area contributed by atoms with Crippen molar-refractivity contribution in [3.8, 4) is 11.5 Å². The third-order valence-corrected chi connectivity index (χ3v) is 3.43. The number of ether oxygens (including phenoxy) is 1. The summed E-state index contributed by atoms with van der Waals surface area (Å²) in [5, 5.41) is 9.99. The molecule has 4 heteroatoms. The molecule has 1 aromatic carbocycles. The van der Waals surface area contributed by atoms with Crippen molar-refractivity contribution >= 4 is 0 Å². The molecule has 2 aromatic rings. The van der Waals surface area contributed by atoms with Crippen molar-refractivity contribution in [2.75, 3.05) is 6.61 Å². The van der Waals surface area contributed by atoms with E-state index in [1.165, 1.54) is 0 Å². The zero-order chi connectivity index (χ0) is 12.5. The highest BCUT2D eigenvalue weighted by Gasteiger charge is 2.15. The van der Waals surface area contributed by atoms with Crippen LogP contribution in [0.4, 0.5) is 0 Å². The molecule has 1 aliphatic rings. The number of rotatable bonds is 3. The summed E-state index contributed by atoms with van der Waals surface area (Å²) in [6, 6.07) is 3.79. The zero-order valence-corrected chi connectivity index (χ0v) is 10.4. The van der Waals surface area contributed by atoms with Crippen LogP contribution in [0.3, 0.4) is 0 Å². The molecule has 0 saturated carbocycles. The molecule has 0 amide bonds. The van der Waals surface area contributed by atoms with Crippen LogP contribution in [0.1, 0.15) is 17.0 Å². The first-order valence-corrected chi connectivity index (χ1v) is 6.18. The molecule has 0 fully saturated rings. The second-order valence-corrected chi connectivity index (χ2v) is 4.64. The SMILES string of the molecule is Cn1ccnc1CCc1cc2c(cc1O)CCO2. The standard InChI is InChI=1S/C14H16N2O2/c1-16-6-5-15-14(16)3-2-10-9-13-11(4-7-18-13)8-12(10)17/h5-6,8-9,17H,2-4,7H2,1H3. The number of phenolic OH excluding ortho intramolecular Hbond substituents is 1. The van der Waals surface area contributed by atoms with Gasteiger partial charge < -0.3 is 14.4 Å². The van der Waals surface area contributed by atoms with E-state index in [9.17, 15) is 5.11 Å². The summed E-state index contributed by atoms with van der Waals surface area (Å²) in [5.74, 6) is 2.31. The molecule has 0 atom stereocenters. The maximum absolute atomic E-state index is 9.99. The van der Waals surface area contributed by atoms with Gasteiger partial charge >= 0.3 is 0 Å². The van der Waals surface area contributed by atoms with Gasteiger partial charge in [-0.3, -0.25) is 0 Å². The van der Waals surface area contributed by atoms with E-state index in [4.69, 9.17) is 4.74 Å². The Bertz CT molecular complexity index is 575. The van der Waals surface area contributed by atoms with E-state index < -0.39 is 0 Å². The fourth-order valence-corrected chi connectivity index (χ4v) is 2.34. The average Bonchev–Trinajstić information content (AvgIpc) is 2.95. The van der Waals surface area contributed by atoms with E-state index in [0.29, 0.717) is 5.75 Å². The van der Waals surface area contributed by atoms with Gasteiger partial charge in [-0.15, -0.1) is 0 Å². The molecule has 0 spiro atoms. The molecular weight excluding hydrogens is 228 g/mol. The van der Waals surface area contributed by atoms with Crippen LogP contribution in [0.2, 0.25) is 0 Å². The van der Waals surface area contributed by atoms with Gasteiger partial charge in [0.05, 0.1) is 6.61 Å². The molecule has 0 radical (unpaired) electrons. The monoisotopic (exact) mass is 244 g/mol. The summed E-state index contributed by atoms with van der Waals surface area (Å²) in [6.07, 6.45) is 6.20. The Morgan fingerprint density at radius 2 is 2.28 bits per heavy atom. The van der Waals surface area contributed by atoms with Gasteiger partial charge in [-0.1, -0.05) is 0 Å². The molecule has 4 nitrogen and oxygen atoms in total. The number of benzene rings is 1. The average molecular weight is 244 g/mol. The second-order valence-electron chi connectivity index (χ2n) is 4.64. The first kappa shape index (κ1) is 11.1. The molecule has 0 aliphatic carbocycles. The first-order chi connectivity index (χ1) is 8.74. The van der Waals surface area contributed by atoms with Crippen LogP contribution in [0.5, 0.6) is 11.5 Å². The summed E-state index contributed by atoms with van der Waals surface area (Å²) >= 11 is 0. The lowest BCUT2D eigenvalue weighted by Gasteiger charge is -2.07. The summed E-state index contributed by atoms with van der Waals surface area (Å²) in [7, 11) is 1.98. The first-order valence-electron chi connectivity index (χ1n) is 6.18. The van der Waals surface area contributed by atoms with E-state index in [-0.39, 0.29) is 0 Å². The quantitative estimate of drug-likeness (QED) is 0.896. The predicted octanol–water partition coefficient (Wildman–Crippen LogP) is 1.85. The van der Waals surface area contributed by atoms with E-state index in [2.05, 4.69) is 4.98 Å². The normalized spacial score (nSPS) is 13.4. The maximum Gasteiger partial charge on any atom is 0.123 e. The van der Waals surface area contributed by atoms with Crippen molar-refractivity contribution in [1.82, 2.24) is 9.55 Å². The van der Waals surface area contributed by atoms with Crippen molar-refractivity contribution in [1.29, 1.82) is 0 Å². The summed E-state index contributed by atoms with van der Waals surface area (Å²) in [6.45, 7) is 0.720. The van der Waals surface area contributed by atoms with Gasteiger partial charge in [-0.25, -0.2) is 4.98 Å². The van der Waals surface area contributed by atoms with Crippen molar-refractivity contribution in [3.05, 3.63) is 41.5 Å². The number of hydrogen-bond acceptors (Lipinski definition) is 3. The van der Waals surface area contributed by atoms with Gasteiger partial charge in [0.25, 0.3) is 0 Å². The molecule has 0 bridgehead atoms. The maximum atomic E-state index is 9.99. The Kier molecular flexibility index (Phi) is 2.70. The van der Waals surface area contributed by atoms with Crippen LogP contribution in [-0.4, -0.2) is 21.3 Å². The molecule has 0 saturated heterocycles. The Hall–Kier alpha value is -1.97. The van der Waals surface area contributed by atoms with Gasteiger partial charge in [0.2, 0.25) is 0 Å². The summed E-state index contributed by atoms with van der Waals surface area (Å²) in [5.41, 5.74) is 2.03. The van der Waals surface area contributed by atoms with E-state index in [1.807, 2.05) is 29.9 Å². The number of aromatic hydroxyl groups is 1. The Morgan fingerprint density at radius 1 is 1.39 bits per heavy atom. The number of imidazole rings is 1. The van der Waals surface area contributed by atoms with Gasteiger partial charge in [0.15, 0.2) is 0 Å². The molecule has 1 N–H and O–H groups in total. The number of nitrogens with zero attached hydrogens (tertiary/aromatic N) is 2. The highest BCUT2D eigenvalue weighted by Crippen LogP contribution is 2.32. The minimum absolute atomic E-state index is 0.369. The minimum Gasteiger partial charge on any atom is -0.508 e. The number of aryl methyl sites for hydroxylation is 3. The topological polar surface area (TPSA) is 47.3 Å². The van der Waals surface area contributed by atoms with E-state index >= 15 is 0 Å². The van der Waals surface area contributed by atoms with Crippen molar-refractivity contribution < 1.29 is 9.84 Å². The molecule has 1 aliphatic heterocycles. The lowest BCUT2D eigenvalue weighted by Crippen LogP contribution is -2.00. The lowest BCUT2D eigenvalue weighted by atomic mass is 10.0. The van der Waals surface area contributed by atoms with Crippen LogP contribution in [-0.2, 0) is 26.3 Å². The fraction of sp³-hybridized carbons (Fsp3) is 0.357. The van der Waals surface area contributed by atoms with Crippen molar-refractivity contribution in [2.45, 2.75) is 19.3 Å². The smallest absolute Gasteiger partial charge is 0.123 e. The Morgan fingerprint density at radius 3 is 3.06 bits per heavy atom. The van der Waals surface area contributed by atoms with Crippen LogP contribution in [0, 0.1) is 0 Å².